The molecule has 0 aliphatic carbocycles. The molecule has 0 aliphatic rings. The number of benzene rings is 1. The van der Waals surface area contributed by atoms with Gasteiger partial charge in [-0.3, -0.25) is 4.98 Å². The Bertz CT molecular complexity index is 738. The van der Waals surface area contributed by atoms with Gasteiger partial charge < -0.3 is 5.32 Å². The highest BCUT2D eigenvalue weighted by atomic mass is 15.0. The lowest BCUT2D eigenvalue weighted by atomic mass is 10.2. The summed E-state index contributed by atoms with van der Waals surface area (Å²) in [5.74, 6) is 2.14. The van der Waals surface area contributed by atoms with E-state index in [2.05, 4.69) is 34.1 Å². The minimum Gasteiger partial charge on any atom is -0.369 e. The van der Waals surface area contributed by atoms with E-state index in [1.165, 1.54) is 0 Å². The van der Waals surface area contributed by atoms with Gasteiger partial charge in [0.15, 0.2) is 5.82 Å². The number of para-hydroxylation sites is 1. The number of aromatic nitrogens is 3. The van der Waals surface area contributed by atoms with E-state index in [-0.39, 0.29) is 0 Å². The Morgan fingerprint density at radius 2 is 1.90 bits per heavy atom. The number of nitrogens with zero attached hydrogens (tertiary/aromatic N) is 3. The van der Waals surface area contributed by atoms with Crippen LogP contribution in [0.2, 0.25) is 0 Å². The van der Waals surface area contributed by atoms with Crippen LogP contribution in [0.4, 0.5) is 5.82 Å². The zero-order valence-electron chi connectivity index (χ0n) is 12.2. The van der Waals surface area contributed by atoms with Crippen molar-refractivity contribution in [3.63, 3.8) is 0 Å². The quantitative estimate of drug-likeness (QED) is 0.789. The Kier molecular flexibility index (Phi) is 3.77. The lowest BCUT2D eigenvalue weighted by molar-refractivity contribution is 0.687. The molecule has 106 valence electrons. The third-order valence-electron chi connectivity index (χ3n) is 3.20. The van der Waals surface area contributed by atoms with E-state index in [0.29, 0.717) is 11.7 Å². The maximum atomic E-state index is 4.68. The number of anilines is 1. The smallest absolute Gasteiger partial charge is 0.163 e. The first-order chi connectivity index (χ1) is 10.2. The van der Waals surface area contributed by atoms with E-state index in [9.17, 15) is 0 Å². The minimum atomic E-state index is 0.556. The van der Waals surface area contributed by atoms with Crippen LogP contribution in [0.15, 0.2) is 48.8 Å². The lowest BCUT2D eigenvalue weighted by Crippen LogP contribution is -2.10. The second kappa shape index (κ2) is 5.87. The van der Waals surface area contributed by atoms with Gasteiger partial charge in [0.05, 0.1) is 5.52 Å². The molecule has 0 saturated heterocycles. The summed E-state index contributed by atoms with van der Waals surface area (Å²) < 4.78 is 0. The van der Waals surface area contributed by atoms with Gasteiger partial charge in [-0.25, -0.2) is 9.97 Å². The molecule has 1 aromatic carbocycles. The number of hydrogen-bond acceptors (Lipinski definition) is 4. The molecule has 2 heterocycles. The van der Waals surface area contributed by atoms with Gasteiger partial charge in [0.1, 0.15) is 5.82 Å². The Balaban J connectivity index is 2.10. The van der Waals surface area contributed by atoms with E-state index in [1.54, 1.807) is 12.4 Å². The highest BCUT2D eigenvalue weighted by molar-refractivity contribution is 5.90. The molecule has 0 saturated carbocycles. The van der Waals surface area contributed by atoms with Gasteiger partial charge in [0.2, 0.25) is 0 Å². The average Bonchev–Trinajstić information content (AvgIpc) is 2.53. The molecule has 0 amide bonds. The Morgan fingerprint density at radius 3 is 2.67 bits per heavy atom. The molecule has 4 nitrogen and oxygen atoms in total. The second-order valence-corrected chi connectivity index (χ2v) is 5.43. The van der Waals surface area contributed by atoms with E-state index in [4.69, 9.17) is 0 Å². The first-order valence-corrected chi connectivity index (χ1v) is 7.15. The molecule has 3 aromatic rings. The van der Waals surface area contributed by atoms with Crippen molar-refractivity contribution < 1.29 is 0 Å². The first kappa shape index (κ1) is 13.5. The summed E-state index contributed by atoms with van der Waals surface area (Å²) in [6.45, 7) is 5.24. The molecule has 1 N–H and O–H groups in total. The van der Waals surface area contributed by atoms with Gasteiger partial charge in [-0.2, -0.15) is 0 Å². The van der Waals surface area contributed by atoms with E-state index >= 15 is 0 Å². The van der Waals surface area contributed by atoms with Crippen molar-refractivity contribution >= 4 is 16.7 Å². The van der Waals surface area contributed by atoms with Crippen LogP contribution in [0.1, 0.15) is 13.8 Å². The summed E-state index contributed by atoms with van der Waals surface area (Å²) in [5, 5.41) is 4.47. The summed E-state index contributed by atoms with van der Waals surface area (Å²) in [7, 11) is 0. The van der Waals surface area contributed by atoms with Crippen molar-refractivity contribution in [2.24, 2.45) is 5.92 Å². The normalized spacial score (nSPS) is 11.0. The number of fused-ring (bicyclic) bond motifs is 1. The summed E-state index contributed by atoms with van der Waals surface area (Å²) >= 11 is 0. The monoisotopic (exact) mass is 278 g/mol. The minimum absolute atomic E-state index is 0.556. The molecule has 0 unspecified atom stereocenters. The van der Waals surface area contributed by atoms with Crippen LogP contribution in [-0.2, 0) is 0 Å². The van der Waals surface area contributed by atoms with Crippen LogP contribution >= 0.6 is 0 Å². The molecule has 21 heavy (non-hydrogen) atoms. The van der Waals surface area contributed by atoms with Gasteiger partial charge in [-0.15, -0.1) is 0 Å². The van der Waals surface area contributed by atoms with Crippen LogP contribution in [0, 0.1) is 5.92 Å². The third kappa shape index (κ3) is 2.99. The fraction of sp³-hybridized carbons (Fsp3) is 0.235. The largest absolute Gasteiger partial charge is 0.369 e. The molecule has 2 aromatic heterocycles. The molecule has 0 spiro atoms. The molecule has 0 aliphatic heterocycles. The van der Waals surface area contributed by atoms with E-state index < -0.39 is 0 Å². The van der Waals surface area contributed by atoms with Crippen LogP contribution in [0.25, 0.3) is 22.3 Å². The zero-order valence-corrected chi connectivity index (χ0v) is 12.2. The SMILES string of the molecule is CC(C)CNc1nc(-c2cccnc2)nc2ccccc12. The fourth-order valence-corrected chi connectivity index (χ4v) is 2.14. The highest BCUT2D eigenvalue weighted by Gasteiger charge is 2.09. The molecule has 0 atom stereocenters. The molecule has 3 rings (SSSR count). The molecular weight excluding hydrogens is 260 g/mol. The van der Waals surface area contributed by atoms with Gasteiger partial charge in [-0.1, -0.05) is 26.0 Å². The van der Waals surface area contributed by atoms with Gasteiger partial charge in [0.25, 0.3) is 0 Å². The van der Waals surface area contributed by atoms with Gasteiger partial charge >= 0.3 is 0 Å². The van der Waals surface area contributed by atoms with Gasteiger partial charge in [-0.05, 0) is 30.2 Å². The van der Waals surface area contributed by atoms with Crippen molar-refractivity contribution in [2.75, 3.05) is 11.9 Å². The zero-order chi connectivity index (χ0) is 14.7. The number of hydrogen-bond donors (Lipinski definition) is 1. The number of rotatable bonds is 4. The maximum Gasteiger partial charge on any atom is 0.163 e. The molecule has 0 fully saturated rings. The molecule has 0 bridgehead atoms. The van der Waals surface area contributed by atoms with Gasteiger partial charge in [0, 0.05) is 29.9 Å². The first-order valence-electron chi connectivity index (χ1n) is 7.15. The van der Waals surface area contributed by atoms with Crippen molar-refractivity contribution in [1.82, 2.24) is 15.0 Å². The lowest BCUT2D eigenvalue weighted by Gasteiger charge is -2.12. The Labute approximate surface area is 124 Å². The molecule has 0 radical (unpaired) electrons. The van der Waals surface area contributed by atoms with Crippen molar-refractivity contribution in [1.29, 1.82) is 0 Å². The summed E-state index contributed by atoms with van der Waals surface area (Å²) in [4.78, 5) is 13.5. The molecule has 4 heteroatoms. The fourth-order valence-electron chi connectivity index (χ4n) is 2.14. The summed E-state index contributed by atoms with van der Waals surface area (Å²) in [6, 6.07) is 11.9. The third-order valence-corrected chi connectivity index (χ3v) is 3.20. The topological polar surface area (TPSA) is 50.7 Å². The van der Waals surface area contributed by atoms with Crippen molar-refractivity contribution in [3.05, 3.63) is 48.8 Å². The summed E-state index contributed by atoms with van der Waals surface area (Å²) in [6.07, 6.45) is 3.54. The van der Waals surface area contributed by atoms with Crippen LogP contribution in [0.3, 0.4) is 0 Å². The summed E-state index contributed by atoms with van der Waals surface area (Å²) in [5.41, 5.74) is 1.87. The second-order valence-electron chi connectivity index (χ2n) is 5.43. The van der Waals surface area contributed by atoms with E-state index in [0.717, 1.165) is 28.8 Å². The number of pyridine rings is 1. The molecular formula is C17H18N4. The Morgan fingerprint density at radius 1 is 1.05 bits per heavy atom. The standard InChI is InChI=1S/C17H18N4/c1-12(2)10-19-17-14-7-3-4-8-15(14)20-16(21-17)13-6-5-9-18-11-13/h3-9,11-12H,10H2,1-2H3,(H,19,20,21). The maximum absolute atomic E-state index is 4.68. The predicted octanol–water partition coefficient (Wildman–Crippen LogP) is 3.76. The van der Waals surface area contributed by atoms with E-state index in [1.807, 2.05) is 36.4 Å². The van der Waals surface area contributed by atoms with Crippen LogP contribution in [-0.4, -0.2) is 21.5 Å². The highest BCUT2D eigenvalue weighted by Crippen LogP contribution is 2.24. The average molecular weight is 278 g/mol. The Hall–Kier alpha value is -2.49. The van der Waals surface area contributed by atoms with Crippen molar-refractivity contribution in [2.45, 2.75) is 13.8 Å². The predicted molar refractivity (Wildman–Crippen MR) is 86.1 cm³/mol. The van der Waals surface area contributed by atoms with Crippen LogP contribution < -0.4 is 5.32 Å². The number of nitrogens with one attached hydrogen (secondary N) is 1. The van der Waals surface area contributed by atoms with Crippen LogP contribution in [0.5, 0.6) is 0 Å². The van der Waals surface area contributed by atoms with Crippen molar-refractivity contribution in [3.8, 4) is 11.4 Å².